The summed E-state index contributed by atoms with van der Waals surface area (Å²) >= 11 is 0. The van der Waals surface area contributed by atoms with E-state index in [0.29, 0.717) is 26.8 Å². The molecule has 2 N–H and O–H groups in total. The van der Waals surface area contributed by atoms with E-state index in [1.54, 1.807) is 48.5 Å². The van der Waals surface area contributed by atoms with Gasteiger partial charge in [0.25, 0.3) is 5.91 Å². The van der Waals surface area contributed by atoms with E-state index in [0.717, 1.165) is 0 Å². The van der Waals surface area contributed by atoms with Gasteiger partial charge in [0, 0.05) is 5.56 Å². The summed E-state index contributed by atoms with van der Waals surface area (Å²) in [7, 11) is 0. The monoisotopic (exact) mass is 400 g/mol. The Hall–Kier alpha value is -4.53. The summed E-state index contributed by atoms with van der Waals surface area (Å²) in [6, 6.07) is 16.9. The molecule has 0 atom stereocenters. The van der Waals surface area contributed by atoms with Gasteiger partial charge in [-0.3, -0.25) is 4.79 Å². The van der Waals surface area contributed by atoms with Crippen molar-refractivity contribution >= 4 is 28.5 Å². The average molecular weight is 400 g/mol. The fraction of sp³-hybridized carbons (Fsp3) is 0. The molecule has 0 bridgehead atoms. The maximum Gasteiger partial charge on any atom is 0.364 e. The molecule has 1 aliphatic heterocycles. The molecule has 2 aromatic carbocycles. The van der Waals surface area contributed by atoms with Gasteiger partial charge in [0.1, 0.15) is 5.56 Å². The number of rotatable bonds is 3. The SMILES string of the molecule is O=C(On1c(O)c2ccccc2c1O)c1cc(-c2ccccc2)nc2c1C(=O)N=N2. The maximum absolute atomic E-state index is 13.0. The number of carbonyl (C=O) groups is 2. The number of fused-ring (bicyclic) bond motifs is 2. The first-order valence-corrected chi connectivity index (χ1v) is 8.85. The maximum atomic E-state index is 13.0. The standard InChI is InChI=1S/C21H12N4O5/c26-18-16-14(10-15(22-17(16)23-24-18)11-6-2-1-3-7-11)21(29)30-25-19(27)12-8-4-5-9-13(12)20(25)28/h1-10,27-28H. The zero-order valence-corrected chi connectivity index (χ0v) is 15.2. The fourth-order valence-corrected chi connectivity index (χ4v) is 3.29. The largest absolute Gasteiger partial charge is 0.492 e. The fourth-order valence-electron chi connectivity index (χ4n) is 3.29. The molecular weight excluding hydrogens is 388 g/mol. The predicted octanol–water partition coefficient (Wildman–Crippen LogP) is 3.62. The molecule has 146 valence electrons. The highest BCUT2D eigenvalue weighted by Gasteiger charge is 2.30. The average Bonchev–Trinajstić information content (AvgIpc) is 3.27. The molecule has 0 fully saturated rings. The van der Waals surface area contributed by atoms with Gasteiger partial charge in [0.05, 0.1) is 22.0 Å². The molecule has 30 heavy (non-hydrogen) atoms. The third-order valence-electron chi connectivity index (χ3n) is 4.71. The molecule has 1 amide bonds. The van der Waals surface area contributed by atoms with Crippen LogP contribution in [0.5, 0.6) is 11.8 Å². The highest BCUT2D eigenvalue weighted by atomic mass is 16.7. The number of carbonyl (C=O) groups excluding carboxylic acids is 2. The lowest BCUT2D eigenvalue weighted by Gasteiger charge is -2.10. The number of amides is 1. The smallest absolute Gasteiger partial charge is 0.364 e. The quantitative estimate of drug-likeness (QED) is 0.541. The van der Waals surface area contributed by atoms with E-state index in [1.165, 1.54) is 6.07 Å². The molecule has 0 spiro atoms. The lowest BCUT2D eigenvalue weighted by molar-refractivity contribution is 0.0383. The number of aromatic hydroxyl groups is 2. The van der Waals surface area contributed by atoms with Crippen LogP contribution in [0, 0.1) is 0 Å². The van der Waals surface area contributed by atoms with Crippen LogP contribution in [0.3, 0.4) is 0 Å². The minimum absolute atomic E-state index is 0.000542. The zero-order valence-electron chi connectivity index (χ0n) is 15.2. The Morgan fingerprint density at radius 3 is 2.20 bits per heavy atom. The van der Waals surface area contributed by atoms with E-state index in [2.05, 4.69) is 15.2 Å². The van der Waals surface area contributed by atoms with Gasteiger partial charge in [-0.05, 0) is 18.2 Å². The van der Waals surface area contributed by atoms with Crippen molar-refractivity contribution in [3.05, 3.63) is 71.8 Å². The first-order valence-electron chi connectivity index (χ1n) is 8.85. The zero-order chi connectivity index (χ0) is 20.8. The molecular formula is C21H12N4O5. The van der Waals surface area contributed by atoms with E-state index in [4.69, 9.17) is 4.84 Å². The predicted molar refractivity (Wildman–Crippen MR) is 105 cm³/mol. The molecule has 0 aliphatic carbocycles. The number of pyridine rings is 1. The number of hydrogen-bond acceptors (Lipinski definition) is 7. The number of benzene rings is 2. The molecule has 9 heteroatoms. The summed E-state index contributed by atoms with van der Waals surface area (Å²) < 4.78 is 0.607. The number of hydrogen-bond donors (Lipinski definition) is 2. The lowest BCUT2D eigenvalue weighted by Crippen LogP contribution is -2.21. The molecule has 3 heterocycles. The van der Waals surface area contributed by atoms with Crippen molar-refractivity contribution < 1.29 is 24.6 Å². The summed E-state index contributed by atoms with van der Waals surface area (Å²) in [5.41, 5.74) is 0.850. The third-order valence-corrected chi connectivity index (χ3v) is 4.71. The van der Waals surface area contributed by atoms with Crippen LogP contribution in [-0.4, -0.2) is 31.8 Å². The summed E-state index contributed by atoms with van der Waals surface area (Å²) in [4.78, 5) is 34.6. The minimum Gasteiger partial charge on any atom is -0.492 e. The van der Waals surface area contributed by atoms with E-state index in [1.807, 2.05) is 6.07 Å². The van der Waals surface area contributed by atoms with Crippen LogP contribution in [0.25, 0.3) is 22.0 Å². The van der Waals surface area contributed by atoms with Gasteiger partial charge in [-0.1, -0.05) is 42.5 Å². The van der Waals surface area contributed by atoms with E-state index >= 15 is 0 Å². The normalized spacial score (nSPS) is 12.3. The summed E-state index contributed by atoms with van der Waals surface area (Å²) in [6.07, 6.45) is 0. The first kappa shape index (κ1) is 17.6. The Labute approximate surface area is 168 Å². The van der Waals surface area contributed by atoms with Crippen LogP contribution >= 0.6 is 0 Å². The number of aromatic nitrogens is 2. The van der Waals surface area contributed by atoms with Crippen molar-refractivity contribution in [3.8, 4) is 23.0 Å². The molecule has 5 rings (SSSR count). The van der Waals surface area contributed by atoms with E-state index < -0.39 is 23.6 Å². The molecule has 9 nitrogen and oxygen atoms in total. The Kier molecular flexibility index (Phi) is 3.82. The highest BCUT2D eigenvalue weighted by molar-refractivity contribution is 6.10. The van der Waals surface area contributed by atoms with Gasteiger partial charge in [0.2, 0.25) is 11.8 Å². The second kappa shape index (κ2) is 6.52. The van der Waals surface area contributed by atoms with Crippen molar-refractivity contribution in [1.29, 1.82) is 0 Å². The molecule has 0 unspecified atom stereocenters. The summed E-state index contributed by atoms with van der Waals surface area (Å²) in [6.45, 7) is 0. The van der Waals surface area contributed by atoms with Crippen molar-refractivity contribution in [2.24, 2.45) is 10.2 Å². The van der Waals surface area contributed by atoms with Gasteiger partial charge in [0.15, 0.2) is 5.82 Å². The van der Waals surface area contributed by atoms with E-state index in [9.17, 15) is 19.8 Å². The van der Waals surface area contributed by atoms with Crippen LogP contribution in [0.2, 0.25) is 0 Å². The third kappa shape index (κ3) is 2.60. The van der Waals surface area contributed by atoms with Gasteiger partial charge in [-0.25, -0.2) is 9.78 Å². The van der Waals surface area contributed by atoms with Crippen molar-refractivity contribution in [1.82, 2.24) is 9.71 Å². The molecule has 2 aromatic heterocycles. The van der Waals surface area contributed by atoms with Crippen molar-refractivity contribution in [2.45, 2.75) is 0 Å². The molecule has 0 saturated heterocycles. The Morgan fingerprint density at radius 1 is 0.900 bits per heavy atom. The van der Waals surface area contributed by atoms with Gasteiger partial charge in [-0.15, -0.1) is 15.0 Å². The molecule has 4 aromatic rings. The lowest BCUT2D eigenvalue weighted by atomic mass is 10.0. The topological polar surface area (TPSA) is 126 Å². The first-order chi connectivity index (χ1) is 14.5. The second-order valence-electron chi connectivity index (χ2n) is 6.49. The van der Waals surface area contributed by atoms with Crippen molar-refractivity contribution in [2.75, 3.05) is 0 Å². The van der Waals surface area contributed by atoms with Crippen LogP contribution in [0.15, 0.2) is 70.9 Å². The number of azo groups is 1. The summed E-state index contributed by atoms with van der Waals surface area (Å²) in [5.74, 6) is -2.62. The molecule has 0 radical (unpaired) electrons. The van der Waals surface area contributed by atoms with Crippen molar-refractivity contribution in [3.63, 3.8) is 0 Å². The van der Waals surface area contributed by atoms with Gasteiger partial charge >= 0.3 is 5.97 Å². The molecule has 0 saturated carbocycles. The van der Waals surface area contributed by atoms with Crippen LogP contribution < -0.4 is 4.84 Å². The minimum atomic E-state index is -0.989. The van der Waals surface area contributed by atoms with Gasteiger partial charge < -0.3 is 15.1 Å². The Bertz CT molecular complexity index is 1340. The molecule has 1 aliphatic rings. The van der Waals surface area contributed by atoms with Crippen LogP contribution in [0.1, 0.15) is 20.7 Å². The second-order valence-corrected chi connectivity index (χ2v) is 6.49. The van der Waals surface area contributed by atoms with Crippen LogP contribution in [0.4, 0.5) is 5.82 Å². The summed E-state index contributed by atoms with van der Waals surface area (Å²) in [5, 5.41) is 28.5. The highest BCUT2D eigenvalue weighted by Crippen LogP contribution is 2.36. The Balaban J connectivity index is 1.62. The van der Waals surface area contributed by atoms with Gasteiger partial charge in [-0.2, -0.15) is 0 Å². The van der Waals surface area contributed by atoms with Crippen LogP contribution in [-0.2, 0) is 0 Å². The van der Waals surface area contributed by atoms with E-state index in [-0.39, 0.29) is 16.9 Å². The Morgan fingerprint density at radius 2 is 1.53 bits per heavy atom. The number of nitrogens with zero attached hydrogens (tertiary/aromatic N) is 4.